The zero-order chi connectivity index (χ0) is 18.7. The third kappa shape index (κ3) is 3.54. The molecule has 1 spiro atoms. The average Bonchev–Trinajstić information content (AvgIpc) is 2.90. The quantitative estimate of drug-likeness (QED) is 0.824. The number of esters is 1. The van der Waals surface area contributed by atoms with E-state index in [9.17, 15) is 9.59 Å². The Morgan fingerprint density at radius 2 is 1.92 bits per heavy atom. The number of amides is 1. The summed E-state index contributed by atoms with van der Waals surface area (Å²) < 4.78 is 5.72. The van der Waals surface area contributed by atoms with Crippen molar-refractivity contribution in [2.24, 2.45) is 0 Å². The van der Waals surface area contributed by atoms with Gasteiger partial charge in [0.1, 0.15) is 5.60 Å². The maximum absolute atomic E-state index is 12.9. The molecule has 1 saturated heterocycles. The molecule has 0 aromatic heterocycles. The van der Waals surface area contributed by atoms with Crippen LogP contribution in [0.25, 0.3) is 0 Å². The fourth-order valence-corrected chi connectivity index (χ4v) is 3.94. The topological polar surface area (TPSA) is 58.6 Å². The number of hydrogen-bond acceptors (Lipinski definition) is 4. The molecule has 5 heteroatoms. The second-order valence-electron chi connectivity index (χ2n) is 7.34. The molecular formula is C21H28N2O3. The molecule has 26 heavy (non-hydrogen) atoms. The first-order valence-corrected chi connectivity index (χ1v) is 9.47. The highest BCUT2D eigenvalue weighted by Crippen LogP contribution is 2.41. The van der Waals surface area contributed by atoms with Gasteiger partial charge in [0.15, 0.2) is 0 Å². The summed E-state index contributed by atoms with van der Waals surface area (Å²) in [6.45, 7) is 9.11. The summed E-state index contributed by atoms with van der Waals surface area (Å²) in [5, 5.41) is 3.03. The van der Waals surface area contributed by atoms with E-state index in [-0.39, 0.29) is 17.8 Å². The van der Waals surface area contributed by atoms with Crippen LogP contribution in [0.5, 0.6) is 0 Å². The number of rotatable bonds is 5. The lowest BCUT2D eigenvalue weighted by Gasteiger charge is -2.39. The average molecular weight is 356 g/mol. The van der Waals surface area contributed by atoms with Crippen molar-refractivity contribution in [2.45, 2.75) is 45.1 Å². The highest BCUT2D eigenvalue weighted by Gasteiger charge is 2.50. The third-order valence-electron chi connectivity index (χ3n) is 5.70. The minimum atomic E-state index is -0.743. The predicted octanol–water partition coefficient (Wildman–Crippen LogP) is 2.63. The zero-order valence-corrected chi connectivity index (χ0v) is 15.9. The highest BCUT2D eigenvalue weighted by atomic mass is 16.6. The molecule has 0 unspecified atom stereocenters. The van der Waals surface area contributed by atoms with Crippen molar-refractivity contribution in [2.75, 3.05) is 26.2 Å². The Balaban J connectivity index is 1.71. The molecule has 3 rings (SSSR count). The maximum atomic E-state index is 12.9. The Bertz CT molecular complexity index is 703. The molecule has 1 atom stereocenters. The van der Waals surface area contributed by atoms with Crippen molar-refractivity contribution in [3.8, 4) is 0 Å². The van der Waals surface area contributed by atoms with Gasteiger partial charge in [-0.1, -0.05) is 44.2 Å². The van der Waals surface area contributed by atoms with E-state index in [1.165, 1.54) is 5.56 Å². The SMILES string of the molecule is CCN1CCC2(CC1)OC(=O)C(C)=C2C(=O)NC[C@H](C)c1ccccc1. The molecule has 1 fully saturated rings. The number of likely N-dealkylation sites (tertiary alicyclic amines) is 1. The van der Waals surface area contributed by atoms with Crippen molar-refractivity contribution in [1.82, 2.24) is 10.2 Å². The van der Waals surface area contributed by atoms with Crippen LogP contribution in [0.15, 0.2) is 41.5 Å². The molecule has 2 heterocycles. The van der Waals surface area contributed by atoms with Gasteiger partial charge < -0.3 is 15.0 Å². The van der Waals surface area contributed by atoms with Crippen molar-refractivity contribution >= 4 is 11.9 Å². The normalized spacial score (nSPS) is 21.0. The van der Waals surface area contributed by atoms with Gasteiger partial charge in [-0.15, -0.1) is 0 Å². The van der Waals surface area contributed by atoms with Crippen LogP contribution in [-0.2, 0) is 14.3 Å². The van der Waals surface area contributed by atoms with E-state index in [1.54, 1.807) is 6.92 Å². The van der Waals surface area contributed by atoms with Gasteiger partial charge >= 0.3 is 5.97 Å². The number of piperidine rings is 1. The summed E-state index contributed by atoms with van der Waals surface area (Å²) >= 11 is 0. The Morgan fingerprint density at radius 3 is 2.54 bits per heavy atom. The molecule has 0 bridgehead atoms. The first-order chi connectivity index (χ1) is 12.5. The summed E-state index contributed by atoms with van der Waals surface area (Å²) in [4.78, 5) is 27.5. The second kappa shape index (κ2) is 7.62. The van der Waals surface area contributed by atoms with Gasteiger partial charge in [-0.05, 0) is 24.9 Å². The molecule has 1 N–H and O–H groups in total. The molecular weight excluding hydrogens is 328 g/mol. The van der Waals surface area contributed by atoms with E-state index in [0.717, 1.165) is 19.6 Å². The van der Waals surface area contributed by atoms with Crippen LogP contribution in [0, 0.1) is 0 Å². The fraction of sp³-hybridized carbons (Fsp3) is 0.524. The Hall–Kier alpha value is -2.14. The zero-order valence-electron chi connectivity index (χ0n) is 15.9. The Kier molecular flexibility index (Phi) is 5.47. The number of hydrogen-bond donors (Lipinski definition) is 1. The molecule has 0 radical (unpaired) electrons. The van der Waals surface area contributed by atoms with Crippen LogP contribution in [0.4, 0.5) is 0 Å². The van der Waals surface area contributed by atoms with E-state index in [4.69, 9.17) is 4.74 Å². The van der Waals surface area contributed by atoms with Gasteiger partial charge in [0.25, 0.3) is 5.91 Å². The second-order valence-corrected chi connectivity index (χ2v) is 7.34. The van der Waals surface area contributed by atoms with Crippen LogP contribution >= 0.6 is 0 Å². The molecule has 140 valence electrons. The first-order valence-electron chi connectivity index (χ1n) is 9.47. The number of nitrogens with zero attached hydrogens (tertiary/aromatic N) is 1. The minimum Gasteiger partial charge on any atom is -0.450 e. The standard InChI is InChI=1S/C21H28N2O3/c1-4-23-12-10-21(11-13-23)18(16(3)20(25)26-21)19(24)22-14-15(2)17-8-6-5-7-9-17/h5-9,15H,4,10-14H2,1-3H3,(H,22,24)/t15-/m0/s1. The van der Waals surface area contributed by atoms with Gasteiger partial charge in [0, 0.05) is 38.0 Å². The minimum absolute atomic E-state index is 0.166. The molecule has 1 amide bonds. The first kappa shape index (κ1) is 18.6. The Morgan fingerprint density at radius 1 is 1.27 bits per heavy atom. The molecule has 2 aliphatic rings. The van der Waals surface area contributed by atoms with Crippen molar-refractivity contribution in [1.29, 1.82) is 0 Å². The lowest BCUT2D eigenvalue weighted by Crippen LogP contribution is -2.49. The number of carbonyl (C=O) groups excluding carboxylic acids is 2. The van der Waals surface area contributed by atoms with E-state index in [0.29, 0.717) is 30.5 Å². The number of ether oxygens (including phenoxy) is 1. The number of carbonyl (C=O) groups is 2. The van der Waals surface area contributed by atoms with Crippen LogP contribution in [0.2, 0.25) is 0 Å². The van der Waals surface area contributed by atoms with E-state index in [2.05, 4.69) is 36.2 Å². The van der Waals surface area contributed by atoms with Crippen LogP contribution < -0.4 is 5.32 Å². The molecule has 5 nitrogen and oxygen atoms in total. The van der Waals surface area contributed by atoms with E-state index in [1.807, 2.05) is 18.2 Å². The van der Waals surface area contributed by atoms with Crippen molar-refractivity contribution in [3.63, 3.8) is 0 Å². The van der Waals surface area contributed by atoms with Gasteiger partial charge in [0.2, 0.25) is 0 Å². The third-order valence-corrected chi connectivity index (χ3v) is 5.70. The van der Waals surface area contributed by atoms with Crippen LogP contribution in [0.3, 0.4) is 0 Å². The molecule has 0 saturated carbocycles. The molecule has 0 aliphatic carbocycles. The van der Waals surface area contributed by atoms with Crippen LogP contribution in [0.1, 0.15) is 45.1 Å². The lowest BCUT2D eigenvalue weighted by molar-refractivity contribution is -0.150. The highest BCUT2D eigenvalue weighted by molar-refractivity contribution is 6.07. The molecule has 1 aromatic rings. The van der Waals surface area contributed by atoms with Gasteiger partial charge in [0.05, 0.1) is 5.57 Å². The van der Waals surface area contributed by atoms with Gasteiger partial charge in [-0.2, -0.15) is 0 Å². The summed E-state index contributed by atoms with van der Waals surface area (Å²) in [6, 6.07) is 10.1. The lowest BCUT2D eigenvalue weighted by atomic mass is 9.82. The largest absolute Gasteiger partial charge is 0.450 e. The van der Waals surface area contributed by atoms with Gasteiger partial charge in [-0.25, -0.2) is 4.79 Å². The Labute approximate surface area is 155 Å². The summed E-state index contributed by atoms with van der Waals surface area (Å²) in [5.41, 5.74) is 1.44. The van der Waals surface area contributed by atoms with E-state index >= 15 is 0 Å². The summed E-state index contributed by atoms with van der Waals surface area (Å²) in [5.74, 6) is -0.311. The molecule has 2 aliphatic heterocycles. The fourth-order valence-electron chi connectivity index (χ4n) is 3.94. The van der Waals surface area contributed by atoms with Crippen LogP contribution in [-0.4, -0.2) is 48.6 Å². The maximum Gasteiger partial charge on any atom is 0.335 e. The van der Waals surface area contributed by atoms with E-state index < -0.39 is 5.60 Å². The monoisotopic (exact) mass is 356 g/mol. The van der Waals surface area contributed by atoms with Gasteiger partial charge in [-0.3, -0.25) is 4.79 Å². The number of benzene rings is 1. The smallest absolute Gasteiger partial charge is 0.335 e. The van der Waals surface area contributed by atoms with Crippen molar-refractivity contribution in [3.05, 3.63) is 47.0 Å². The summed E-state index contributed by atoms with van der Waals surface area (Å²) in [6.07, 6.45) is 1.36. The van der Waals surface area contributed by atoms with Crippen molar-refractivity contribution < 1.29 is 14.3 Å². The molecule has 1 aromatic carbocycles. The predicted molar refractivity (Wildman–Crippen MR) is 101 cm³/mol. The summed E-state index contributed by atoms with van der Waals surface area (Å²) in [7, 11) is 0. The number of nitrogens with one attached hydrogen (secondary N) is 1.